The van der Waals surface area contributed by atoms with Crippen LogP contribution in [0.25, 0.3) is 0 Å². The smallest absolute Gasteiger partial charge is 0.302 e. The second-order valence-electron chi connectivity index (χ2n) is 7.58. The van der Waals surface area contributed by atoms with Crippen LogP contribution in [-0.4, -0.2) is 69.1 Å². The number of ether oxygens (including phenoxy) is 3. The molecule has 2 atom stereocenters. The number of hydrogen-bond donors (Lipinski definition) is 0. The van der Waals surface area contributed by atoms with Crippen LogP contribution in [0.5, 0.6) is 0 Å². The molecule has 9 heteroatoms. The van der Waals surface area contributed by atoms with Crippen molar-refractivity contribution in [3.63, 3.8) is 0 Å². The van der Waals surface area contributed by atoms with Gasteiger partial charge in [-0.1, -0.05) is 18.2 Å². The fraction of sp³-hybridized carbons (Fsp3) is 0.619. The zero-order chi connectivity index (χ0) is 21.6. The predicted molar refractivity (Wildman–Crippen MR) is 108 cm³/mol. The first-order chi connectivity index (χ1) is 14.4. The molecule has 0 spiro atoms. The summed E-state index contributed by atoms with van der Waals surface area (Å²) in [4.78, 5) is 26.2. The number of rotatable bonds is 9. The van der Waals surface area contributed by atoms with Crippen molar-refractivity contribution in [3.8, 4) is 0 Å². The van der Waals surface area contributed by atoms with Gasteiger partial charge < -0.3 is 19.1 Å². The molecule has 166 valence electrons. The average molecular weight is 440 g/mol. The maximum atomic E-state index is 13.4. The topological polar surface area (TPSA) is 99.2 Å². The minimum absolute atomic E-state index is 0.0209. The van der Waals surface area contributed by atoms with Crippen molar-refractivity contribution in [2.75, 3.05) is 26.3 Å². The lowest BCUT2D eigenvalue weighted by Gasteiger charge is -2.28. The van der Waals surface area contributed by atoms with Gasteiger partial charge in [-0.05, 0) is 31.4 Å². The molecule has 0 bridgehead atoms. The fourth-order valence-corrected chi connectivity index (χ4v) is 5.81. The summed E-state index contributed by atoms with van der Waals surface area (Å²) in [5.74, 6) is -0.635. The molecule has 2 aliphatic rings. The Morgan fingerprint density at radius 1 is 1.13 bits per heavy atom. The highest BCUT2D eigenvalue weighted by Gasteiger charge is 2.40. The van der Waals surface area contributed by atoms with Crippen molar-refractivity contribution in [1.82, 2.24) is 4.90 Å². The van der Waals surface area contributed by atoms with Crippen molar-refractivity contribution in [2.24, 2.45) is 0 Å². The monoisotopic (exact) mass is 439 g/mol. The third-order valence-corrected chi connectivity index (χ3v) is 7.64. The van der Waals surface area contributed by atoms with E-state index in [-0.39, 0.29) is 30.1 Å². The number of amides is 1. The number of esters is 1. The van der Waals surface area contributed by atoms with Crippen LogP contribution in [0.2, 0.25) is 0 Å². The first kappa shape index (κ1) is 22.7. The Kier molecular flexibility index (Phi) is 7.85. The quantitative estimate of drug-likeness (QED) is 0.542. The molecule has 3 rings (SSSR count). The van der Waals surface area contributed by atoms with Gasteiger partial charge in [0.1, 0.15) is 11.4 Å². The molecule has 2 heterocycles. The normalized spacial score (nSPS) is 19.6. The van der Waals surface area contributed by atoms with Gasteiger partial charge in [-0.2, -0.15) is 0 Å². The van der Waals surface area contributed by atoms with Crippen molar-refractivity contribution in [3.05, 3.63) is 30.3 Å². The van der Waals surface area contributed by atoms with Crippen molar-refractivity contribution < 1.29 is 32.2 Å². The van der Waals surface area contributed by atoms with E-state index >= 15 is 0 Å². The summed E-state index contributed by atoms with van der Waals surface area (Å²) in [6, 6.07) is 8.04. The van der Waals surface area contributed by atoms with Crippen LogP contribution in [0, 0.1) is 0 Å². The van der Waals surface area contributed by atoms with Crippen LogP contribution in [0.4, 0.5) is 0 Å². The number of carbonyl (C=O) groups is 2. The van der Waals surface area contributed by atoms with Gasteiger partial charge in [0.15, 0.2) is 16.1 Å². The number of hydrogen-bond acceptors (Lipinski definition) is 7. The van der Waals surface area contributed by atoms with Gasteiger partial charge in [0.05, 0.1) is 18.1 Å². The number of sulfone groups is 1. The van der Waals surface area contributed by atoms with E-state index in [4.69, 9.17) is 14.2 Å². The summed E-state index contributed by atoms with van der Waals surface area (Å²) >= 11 is 0. The fourth-order valence-electron chi connectivity index (χ4n) is 3.92. The largest absolute Gasteiger partial charge is 0.461 e. The molecule has 1 aromatic carbocycles. The lowest BCUT2D eigenvalue weighted by Crippen LogP contribution is -2.41. The summed E-state index contributed by atoms with van der Waals surface area (Å²) in [5, 5.41) is -1.08. The van der Waals surface area contributed by atoms with E-state index in [1.807, 2.05) is 0 Å². The van der Waals surface area contributed by atoms with E-state index in [0.717, 1.165) is 12.8 Å². The van der Waals surface area contributed by atoms with E-state index in [2.05, 4.69) is 0 Å². The second-order valence-corrected chi connectivity index (χ2v) is 9.74. The van der Waals surface area contributed by atoms with Gasteiger partial charge in [-0.3, -0.25) is 9.59 Å². The van der Waals surface area contributed by atoms with Crippen molar-refractivity contribution in [1.29, 1.82) is 0 Å². The van der Waals surface area contributed by atoms with E-state index < -0.39 is 33.5 Å². The van der Waals surface area contributed by atoms with Crippen LogP contribution >= 0.6 is 0 Å². The minimum Gasteiger partial charge on any atom is -0.461 e. The zero-order valence-corrected chi connectivity index (χ0v) is 18.0. The predicted octanol–water partition coefficient (Wildman–Crippen LogP) is 1.93. The van der Waals surface area contributed by atoms with Gasteiger partial charge in [-0.25, -0.2) is 8.42 Å². The zero-order valence-electron chi connectivity index (χ0n) is 17.2. The maximum absolute atomic E-state index is 13.4. The van der Waals surface area contributed by atoms with Crippen LogP contribution in [0.15, 0.2) is 35.2 Å². The molecule has 1 amide bonds. The van der Waals surface area contributed by atoms with E-state index in [1.54, 1.807) is 23.1 Å². The first-order valence-electron chi connectivity index (χ1n) is 10.3. The van der Waals surface area contributed by atoms with Crippen LogP contribution in [0.1, 0.15) is 39.0 Å². The van der Waals surface area contributed by atoms with Crippen molar-refractivity contribution >= 4 is 21.7 Å². The maximum Gasteiger partial charge on any atom is 0.302 e. The summed E-state index contributed by atoms with van der Waals surface area (Å²) in [7, 11) is -3.86. The van der Waals surface area contributed by atoms with E-state index in [9.17, 15) is 18.0 Å². The minimum atomic E-state index is -3.86. The molecule has 2 unspecified atom stereocenters. The number of nitrogens with zero attached hydrogens (tertiary/aromatic N) is 1. The molecule has 2 fully saturated rings. The molecule has 0 aromatic heterocycles. The second kappa shape index (κ2) is 10.4. The van der Waals surface area contributed by atoms with E-state index in [0.29, 0.717) is 26.3 Å². The molecule has 2 aliphatic heterocycles. The van der Waals surface area contributed by atoms with Gasteiger partial charge in [0.25, 0.3) is 0 Å². The number of carbonyl (C=O) groups excluding carboxylic acids is 2. The third-order valence-electron chi connectivity index (χ3n) is 5.42. The average Bonchev–Trinajstić information content (AvgIpc) is 3.43. The SMILES string of the molecule is CC(=O)OC(CCC(=O)N1CCCC1)C(CC1OCCO1)S(=O)(=O)c1ccccc1. The van der Waals surface area contributed by atoms with Gasteiger partial charge >= 0.3 is 5.97 Å². The Hall–Kier alpha value is -1.97. The van der Waals surface area contributed by atoms with Crippen LogP contribution in [0.3, 0.4) is 0 Å². The number of likely N-dealkylation sites (tertiary alicyclic amines) is 1. The molecular formula is C21H29NO7S. The van der Waals surface area contributed by atoms with Crippen molar-refractivity contribution in [2.45, 2.75) is 61.6 Å². The lowest BCUT2D eigenvalue weighted by atomic mass is 10.1. The van der Waals surface area contributed by atoms with Crippen LogP contribution in [-0.2, 0) is 33.6 Å². The Morgan fingerprint density at radius 3 is 2.37 bits per heavy atom. The van der Waals surface area contributed by atoms with Gasteiger partial charge in [-0.15, -0.1) is 0 Å². The molecular weight excluding hydrogens is 410 g/mol. The summed E-state index contributed by atoms with van der Waals surface area (Å²) in [6.07, 6.45) is 0.533. The summed E-state index contributed by atoms with van der Waals surface area (Å²) < 4.78 is 43.3. The third kappa shape index (κ3) is 5.80. The summed E-state index contributed by atoms with van der Waals surface area (Å²) in [6.45, 7) is 3.44. The van der Waals surface area contributed by atoms with Gasteiger partial charge in [0.2, 0.25) is 5.91 Å². The molecule has 0 saturated carbocycles. The first-order valence-corrected chi connectivity index (χ1v) is 11.9. The highest BCUT2D eigenvalue weighted by atomic mass is 32.2. The van der Waals surface area contributed by atoms with Gasteiger partial charge in [0, 0.05) is 32.9 Å². The van der Waals surface area contributed by atoms with E-state index in [1.165, 1.54) is 19.1 Å². The van der Waals surface area contributed by atoms with Crippen LogP contribution < -0.4 is 0 Å². The molecule has 0 N–H and O–H groups in total. The molecule has 1 aromatic rings. The lowest BCUT2D eigenvalue weighted by molar-refractivity contribution is -0.149. The Morgan fingerprint density at radius 2 is 1.77 bits per heavy atom. The highest BCUT2D eigenvalue weighted by molar-refractivity contribution is 7.92. The molecule has 8 nitrogen and oxygen atoms in total. The standard InChI is InChI=1S/C21H29NO7S/c1-16(23)29-18(9-10-20(24)22-11-5-6-12-22)19(15-21-27-13-14-28-21)30(25,26)17-7-3-2-4-8-17/h2-4,7-8,18-19,21H,5-6,9-15H2,1H3. The summed E-state index contributed by atoms with van der Waals surface area (Å²) in [5.41, 5.74) is 0. The molecule has 2 saturated heterocycles. The molecule has 30 heavy (non-hydrogen) atoms. The highest BCUT2D eigenvalue weighted by Crippen LogP contribution is 2.28. The molecule has 0 radical (unpaired) electrons. The Labute approximate surface area is 177 Å². The Balaban J connectivity index is 1.83. The number of benzene rings is 1. The Bertz CT molecular complexity index is 815. The molecule has 0 aliphatic carbocycles.